The van der Waals surface area contributed by atoms with E-state index in [-0.39, 0.29) is 18.2 Å². The topological polar surface area (TPSA) is 59.1 Å². The van der Waals surface area contributed by atoms with Gasteiger partial charge in [0.2, 0.25) is 0 Å². The van der Waals surface area contributed by atoms with Crippen LogP contribution in [0.5, 0.6) is 5.75 Å². The van der Waals surface area contributed by atoms with E-state index >= 15 is 0 Å². The summed E-state index contributed by atoms with van der Waals surface area (Å²) in [5.41, 5.74) is 6.03. The molecule has 0 aliphatic rings. The summed E-state index contributed by atoms with van der Waals surface area (Å²) in [6.45, 7) is 2.78. The minimum Gasteiger partial charge on any atom is -0.494 e. The molecule has 0 aliphatic carbocycles. The molecule has 0 aromatic heterocycles. The maximum atomic E-state index is 7.18. The summed E-state index contributed by atoms with van der Waals surface area (Å²) in [6.07, 6.45) is 0.995. The van der Waals surface area contributed by atoms with E-state index in [1.54, 1.807) is 12.1 Å². The first-order chi connectivity index (χ1) is 6.24. The molecule has 1 aromatic rings. The van der Waals surface area contributed by atoms with Gasteiger partial charge in [0, 0.05) is 5.56 Å². The molecule has 0 saturated carbocycles. The number of benzene rings is 1. The summed E-state index contributed by atoms with van der Waals surface area (Å²) in [6, 6.07) is 7.22. The van der Waals surface area contributed by atoms with Gasteiger partial charge in [0.05, 0.1) is 6.61 Å². The monoisotopic (exact) mass is 214 g/mol. The van der Waals surface area contributed by atoms with Crippen molar-refractivity contribution < 1.29 is 4.74 Å². The third kappa shape index (κ3) is 3.66. The number of nitrogens with one attached hydrogen (secondary N) is 1. The number of amidine groups is 1. The summed E-state index contributed by atoms with van der Waals surface area (Å²) < 4.78 is 5.38. The number of rotatable bonds is 4. The lowest BCUT2D eigenvalue weighted by Gasteiger charge is -2.04. The Morgan fingerprint density at radius 2 is 1.93 bits per heavy atom. The van der Waals surface area contributed by atoms with Crippen molar-refractivity contribution in [2.75, 3.05) is 6.61 Å². The van der Waals surface area contributed by atoms with Crippen LogP contribution in [0.25, 0.3) is 0 Å². The largest absolute Gasteiger partial charge is 0.494 e. The molecule has 14 heavy (non-hydrogen) atoms. The molecule has 1 rings (SSSR count). The van der Waals surface area contributed by atoms with Gasteiger partial charge in [0.15, 0.2) is 0 Å². The average molecular weight is 215 g/mol. The Balaban J connectivity index is 0.00000169. The third-order valence-electron chi connectivity index (χ3n) is 1.64. The van der Waals surface area contributed by atoms with E-state index in [1.807, 2.05) is 12.1 Å². The molecule has 78 valence electrons. The Kier molecular flexibility index (Phi) is 5.72. The number of nitrogen functional groups attached to an aromatic ring is 1. The van der Waals surface area contributed by atoms with E-state index in [1.165, 1.54) is 0 Å². The van der Waals surface area contributed by atoms with Crippen LogP contribution in [0.15, 0.2) is 24.3 Å². The van der Waals surface area contributed by atoms with Gasteiger partial charge in [-0.1, -0.05) is 6.92 Å². The second-order valence-corrected chi connectivity index (χ2v) is 2.79. The Hall–Kier alpha value is -1.22. The molecule has 0 unspecified atom stereocenters. The molecule has 0 bridgehead atoms. The summed E-state index contributed by atoms with van der Waals surface area (Å²) in [7, 11) is 0. The molecule has 3 N–H and O–H groups in total. The summed E-state index contributed by atoms with van der Waals surface area (Å²) >= 11 is 0. The molecular weight excluding hydrogens is 200 g/mol. The Morgan fingerprint density at radius 1 is 1.36 bits per heavy atom. The number of hydrogen-bond acceptors (Lipinski definition) is 2. The van der Waals surface area contributed by atoms with E-state index in [0.717, 1.165) is 24.3 Å². The zero-order valence-corrected chi connectivity index (χ0v) is 8.93. The maximum Gasteiger partial charge on any atom is 0.122 e. The fraction of sp³-hybridized carbons (Fsp3) is 0.300. The first kappa shape index (κ1) is 12.8. The normalized spacial score (nSPS) is 8.93. The quantitative estimate of drug-likeness (QED) is 0.596. The van der Waals surface area contributed by atoms with Gasteiger partial charge in [-0.2, -0.15) is 0 Å². The van der Waals surface area contributed by atoms with E-state index in [9.17, 15) is 0 Å². The van der Waals surface area contributed by atoms with Crippen molar-refractivity contribution in [2.24, 2.45) is 5.73 Å². The van der Waals surface area contributed by atoms with Crippen LogP contribution < -0.4 is 10.5 Å². The average Bonchev–Trinajstić information content (AvgIpc) is 2.15. The molecule has 0 saturated heterocycles. The van der Waals surface area contributed by atoms with Crippen LogP contribution in [-0.4, -0.2) is 12.4 Å². The Labute approximate surface area is 90.2 Å². The maximum absolute atomic E-state index is 7.18. The molecule has 4 heteroatoms. The van der Waals surface area contributed by atoms with Crippen LogP contribution in [0.3, 0.4) is 0 Å². The van der Waals surface area contributed by atoms with Gasteiger partial charge in [-0.05, 0) is 30.7 Å². The molecule has 3 nitrogen and oxygen atoms in total. The fourth-order valence-corrected chi connectivity index (χ4v) is 0.951. The highest BCUT2D eigenvalue weighted by atomic mass is 35.5. The van der Waals surface area contributed by atoms with Crippen molar-refractivity contribution in [2.45, 2.75) is 13.3 Å². The lowest BCUT2D eigenvalue weighted by Crippen LogP contribution is -2.10. The number of nitrogens with two attached hydrogens (primary N) is 1. The second kappa shape index (κ2) is 6.27. The van der Waals surface area contributed by atoms with E-state index in [4.69, 9.17) is 15.9 Å². The van der Waals surface area contributed by atoms with Gasteiger partial charge in [-0.15, -0.1) is 12.4 Å². The van der Waals surface area contributed by atoms with Gasteiger partial charge >= 0.3 is 0 Å². The summed E-state index contributed by atoms with van der Waals surface area (Å²) in [5, 5.41) is 7.18. The van der Waals surface area contributed by atoms with E-state index < -0.39 is 0 Å². The second-order valence-electron chi connectivity index (χ2n) is 2.79. The van der Waals surface area contributed by atoms with Gasteiger partial charge in [-0.25, -0.2) is 0 Å². The molecule has 0 aliphatic heterocycles. The Morgan fingerprint density at radius 3 is 2.36 bits per heavy atom. The van der Waals surface area contributed by atoms with Crippen LogP contribution in [0.2, 0.25) is 0 Å². The summed E-state index contributed by atoms with van der Waals surface area (Å²) in [4.78, 5) is 0. The van der Waals surface area contributed by atoms with Crippen LogP contribution in [0.4, 0.5) is 0 Å². The zero-order valence-electron chi connectivity index (χ0n) is 8.12. The molecule has 0 spiro atoms. The standard InChI is InChI=1S/C10H14N2O.ClH/c1-2-7-13-9-5-3-8(4-6-9)10(11)12;/h3-6H,2,7H2,1H3,(H3,11,12);1H. The zero-order chi connectivity index (χ0) is 9.68. The van der Waals surface area contributed by atoms with Crippen molar-refractivity contribution in [3.63, 3.8) is 0 Å². The van der Waals surface area contributed by atoms with Gasteiger partial charge in [0.25, 0.3) is 0 Å². The number of ether oxygens (including phenoxy) is 1. The first-order valence-corrected chi connectivity index (χ1v) is 4.31. The molecule has 0 radical (unpaired) electrons. The van der Waals surface area contributed by atoms with Crippen molar-refractivity contribution in [1.29, 1.82) is 5.41 Å². The predicted molar refractivity (Wildman–Crippen MR) is 60.5 cm³/mol. The minimum absolute atomic E-state index is 0. The molecule has 0 amide bonds. The number of hydrogen-bond donors (Lipinski definition) is 2. The molecule has 0 heterocycles. The van der Waals surface area contributed by atoms with Crippen LogP contribution in [-0.2, 0) is 0 Å². The predicted octanol–water partition coefficient (Wildman–Crippen LogP) is 2.18. The fourth-order valence-electron chi connectivity index (χ4n) is 0.951. The van der Waals surface area contributed by atoms with Crippen LogP contribution >= 0.6 is 12.4 Å². The molecular formula is C10H15ClN2O. The van der Waals surface area contributed by atoms with E-state index in [0.29, 0.717) is 0 Å². The molecule has 0 fully saturated rings. The summed E-state index contributed by atoms with van der Waals surface area (Å²) in [5.74, 6) is 0.911. The Bertz CT molecular complexity index is 285. The lowest BCUT2D eigenvalue weighted by atomic mass is 10.2. The van der Waals surface area contributed by atoms with Crippen molar-refractivity contribution in [3.05, 3.63) is 29.8 Å². The minimum atomic E-state index is 0. The van der Waals surface area contributed by atoms with Gasteiger partial charge in [0.1, 0.15) is 11.6 Å². The smallest absolute Gasteiger partial charge is 0.122 e. The number of halogens is 1. The van der Waals surface area contributed by atoms with E-state index in [2.05, 4.69) is 6.92 Å². The van der Waals surface area contributed by atoms with Gasteiger partial charge < -0.3 is 10.5 Å². The highest BCUT2D eigenvalue weighted by molar-refractivity contribution is 5.94. The molecule has 0 atom stereocenters. The van der Waals surface area contributed by atoms with Crippen molar-refractivity contribution >= 4 is 18.2 Å². The van der Waals surface area contributed by atoms with Crippen molar-refractivity contribution in [1.82, 2.24) is 0 Å². The van der Waals surface area contributed by atoms with Crippen LogP contribution in [0, 0.1) is 5.41 Å². The SMILES string of the molecule is CCCOc1ccc(C(=N)N)cc1.Cl. The third-order valence-corrected chi connectivity index (χ3v) is 1.64. The highest BCUT2D eigenvalue weighted by Gasteiger charge is 1.96. The van der Waals surface area contributed by atoms with Crippen LogP contribution in [0.1, 0.15) is 18.9 Å². The molecule has 1 aromatic carbocycles. The highest BCUT2D eigenvalue weighted by Crippen LogP contribution is 2.11. The van der Waals surface area contributed by atoms with Crippen molar-refractivity contribution in [3.8, 4) is 5.75 Å². The first-order valence-electron chi connectivity index (χ1n) is 4.31. The van der Waals surface area contributed by atoms with Gasteiger partial charge in [-0.3, -0.25) is 5.41 Å². The lowest BCUT2D eigenvalue weighted by molar-refractivity contribution is 0.317.